The second-order valence-electron chi connectivity index (χ2n) is 8.04. The Labute approximate surface area is 207 Å². The molecule has 0 fully saturated rings. The average molecular weight is 491 g/mol. The summed E-state index contributed by atoms with van der Waals surface area (Å²) in [7, 11) is 0. The van der Waals surface area contributed by atoms with Crippen LogP contribution in [0.2, 0.25) is 5.02 Å². The van der Waals surface area contributed by atoms with Crippen LogP contribution >= 0.6 is 11.6 Å². The number of ether oxygens (including phenoxy) is 1. The molecule has 3 aromatic carbocycles. The fraction of sp³-hybridized carbons (Fsp3) is 0.148. The summed E-state index contributed by atoms with van der Waals surface area (Å²) in [5.41, 5.74) is 4.84. The number of rotatable bonds is 7. The smallest absolute Gasteiger partial charge is 0.407 e. The Morgan fingerprint density at radius 2 is 1.63 bits per heavy atom. The average Bonchev–Trinajstić information content (AvgIpc) is 3.16. The number of halogens is 1. The Balaban J connectivity index is 1.32. The van der Waals surface area contributed by atoms with Crippen molar-refractivity contribution in [1.29, 1.82) is 0 Å². The van der Waals surface area contributed by atoms with Crippen molar-refractivity contribution in [2.75, 3.05) is 18.5 Å². The molecule has 0 spiro atoms. The number of carboxylic acids is 1. The molecule has 0 saturated heterocycles. The number of aromatic carboxylic acids is 1. The molecule has 2 amide bonds. The quantitative estimate of drug-likeness (QED) is 0.381. The minimum Gasteiger partial charge on any atom is -0.478 e. The second-order valence-corrected chi connectivity index (χ2v) is 8.48. The molecule has 3 aromatic rings. The third kappa shape index (κ3) is 5.36. The molecule has 35 heavy (non-hydrogen) atoms. The van der Waals surface area contributed by atoms with Gasteiger partial charge in [0.25, 0.3) is 5.91 Å². The van der Waals surface area contributed by atoms with Gasteiger partial charge in [-0.15, -0.1) is 0 Å². The van der Waals surface area contributed by atoms with Crippen LogP contribution in [0.1, 0.15) is 34.3 Å². The summed E-state index contributed by atoms with van der Waals surface area (Å²) in [6, 6.07) is 20.3. The minimum absolute atomic E-state index is 0.0441. The van der Waals surface area contributed by atoms with Gasteiger partial charge in [0.05, 0.1) is 11.3 Å². The van der Waals surface area contributed by atoms with Crippen LogP contribution in [0.4, 0.5) is 10.5 Å². The summed E-state index contributed by atoms with van der Waals surface area (Å²) >= 11 is 5.92. The van der Waals surface area contributed by atoms with Crippen LogP contribution in [0.5, 0.6) is 0 Å². The van der Waals surface area contributed by atoms with Gasteiger partial charge in [0.1, 0.15) is 6.61 Å². The van der Waals surface area contributed by atoms with Gasteiger partial charge in [-0.05, 0) is 47.4 Å². The van der Waals surface area contributed by atoms with Gasteiger partial charge >= 0.3 is 12.1 Å². The lowest BCUT2D eigenvalue weighted by molar-refractivity contribution is -0.112. The fourth-order valence-corrected chi connectivity index (χ4v) is 4.23. The van der Waals surface area contributed by atoms with Crippen molar-refractivity contribution >= 4 is 35.3 Å². The first-order chi connectivity index (χ1) is 16.8. The van der Waals surface area contributed by atoms with Crippen LogP contribution < -0.4 is 10.6 Å². The number of anilines is 1. The monoisotopic (exact) mass is 490 g/mol. The molecule has 4 rings (SSSR count). The van der Waals surface area contributed by atoms with E-state index >= 15 is 0 Å². The van der Waals surface area contributed by atoms with Crippen molar-refractivity contribution in [3.05, 3.63) is 100 Å². The number of benzene rings is 3. The second kappa shape index (κ2) is 10.4. The number of alkyl carbamates (subject to hydrolysis) is 1. The fourth-order valence-electron chi connectivity index (χ4n) is 4.06. The summed E-state index contributed by atoms with van der Waals surface area (Å²) in [5, 5.41) is 14.7. The van der Waals surface area contributed by atoms with E-state index < -0.39 is 18.0 Å². The van der Waals surface area contributed by atoms with Crippen molar-refractivity contribution < 1.29 is 24.2 Å². The number of carbonyl (C=O) groups is 3. The lowest BCUT2D eigenvalue weighted by atomic mass is 9.98. The number of nitrogens with one attached hydrogen (secondary N) is 2. The molecule has 0 heterocycles. The third-order valence-corrected chi connectivity index (χ3v) is 6.05. The van der Waals surface area contributed by atoms with Gasteiger partial charge in [-0.1, -0.05) is 66.2 Å². The molecule has 0 atom stereocenters. The summed E-state index contributed by atoms with van der Waals surface area (Å²) in [4.78, 5) is 36.1. The molecule has 3 N–H and O–H groups in total. The summed E-state index contributed by atoms with van der Waals surface area (Å²) in [5.74, 6) is -1.74. The van der Waals surface area contributed by atoms with Crippen LogP contribution in [0.25, 0.3) is 11.1 Å². The first-order valence-electron chi connectivity index (χ1n) is 10.9. The highest BCUT2D eigenvalue weighted by atomic mass is 35.5. The van der Waals surface area contributed by atoms with E-state index in [4.69, 9.17) is 16.3 Å². The summed E-state index contributed by atoms with van der Waals surface area (Å²) in [6.45, 7) is 1.81. The normalized spacial score (nSPS) is 12.5. The molecule has 0 saturated carbocycles. The maximum absolute atomic E-state index is 12.4. The number of carbonyl (C=O) groups excluding carboxylic acids is 2. The van der Waals surface area contributed by atoms with Gasteiger partial charge in [0, 0.05) is 23.1 Å². The predicted octanol–water partition coefficient (Wildman–Crippen LogP) is 5.46. The number of hydrogen-bond acceptors (Lipinski definition) is 4. The van der Waals surface area contributed by atoms with Crippen molar-refractivity contribution in [3.8, 4) is 11.1 Å². The number of carboxylic acid groups (broad SMARTS) is 1. The van der Waals surface area contributed by atoms with E-state index in [1.54, 1.807) is 6.92 Å². The van der Waals surface area contributed by atoms with Gasteiger partial charge in [0.2, 0.25) is 0 Å². The van der Waals surface area contributed by atoms with Crippen molar-refractivity contribution in [3.63, 3.8) is 0 Å². The Morgan fingerprint density at radius 3 is 2.26 bits per heavy atom. The Hall–Kier alpha value is -4.10. The third-order valence-electron chi connectivity index (χ3n) is 5.82. The molecule has 0 aliphatic heterocycles. The summed E-state index contributed by atoms with van der Waals surface area (Å²) in [6.07, 6.45) is 0.918. The molecular weight excluding hydrogens is 468 g/mol. The Kier molecular flexibility index (Phi) is 7.17. The zero-order valence-electron chi connectivity index (χ0n) is 18.9. The number of hydrogen-bond donors (Lipinski definition) is 3. The predicted molar refractivity (Wildman–Crippen MR) is 134 cm³/mol. The highest BCUT2D eigenvalue weighted by Crippen LogP contribution is 2.44. The zero-order valence-corrected chi connectivity index (χ0v) is 19.6. The molecule has 7 nitrogen and oxygen atoms in total. The Morgan fingerprint density at radius 1 is 1.00 bits per heavy atom. The minimum atomic E-state index is -1.18. The van der Waals surface area contributed by atoms with E-state index in [-0.39, 0.29) is 30.3 Å². The van der Waals surface area contributed by atoms with Crippen LogP contribution in [0.3, 0.4) is 0 Å². The zero-order chi connectivity index (χ0) is 24.9. The molecular formula is C27H23ClN2O5. The van der Waals surface area contributed by atoms with Crippen LogP contribution in [0.15, 0.2) is 78.4 Å². The Bertz CT molecular complexity index is 1290. The van der Waals surface area contributed by atoms with Gasteiger partial charge in [-0.2, -0.15) is 0 Å². The summed E-state index contributed by atoms with van der Waals surface area (Å²) < 4.78 is 5.47. The van der Waals surface area contributed by atoms with Crippen LogP contribution in [-0.4, -0.2) is 36.2 Å². The van der Waals surface area contributed by atoms with Crippen molar-refractivity contribution in [2.45, 2.75) is 12.8 Å². The van der Waals surface area contributed by atoms with Gasteiger partial charge in [-0.25, -0.2) is 9.59 Å². The molecule has 0 aromatic heterocycles. The lowest BCUT2D eigenvalue weighted by Gasteiger charge is -2.14. The number of amides is 2. The maximum Gasteiger partial charge on any atom is 0.407 e. The lowest BCUT2D eigenvalue weighted by Crippen LogP contribution is -2.27. The maximum atomic E-state index is 12.4. The molecule has 1 aliphatic carbocycles. The van der Waals surface area contributed by atoms with E-state index in [9.17, 15) is 19.5 Å². The van der Waals surface area contributed by atoms with E-state index in [0.29, 0.717) is 10.6 Å². The molecule has 0 unspecified atom stereocenters. The standard InChI is InChI=1S/C27H23ClN2O5/c1-16(25(31)30-24-14-17(28)10-11-22(24)26(32)33)12-13-29-27(34)35-15-23-20-8-4-2-6-18(20)19-7-3-5-9-21(19)23/h2-12,14,23H,13,15H2,1H3,(H,29,34)(H,30,31)(H,32,33)/b16-12+. The van der Waals surface area contributed by atoms with Crippen molar-refractivity contribution in [2.24, 2.45) is 0 Å². The molecule has 0 radical (unpaired) electrons. The molecule has 1 aliphatic rings. The van der Waals surface area contributed by atoms with Gasteiger partial charge in [-0.3, -0.25) is 4.79 Å². The molecule has 8 heteroatoms. The van der Waals surface area contributed by atoms with Gasteiger partial charge in [0.15, 0.2) is 0 Å². The van der Waals surface area contributed by atoms with E-state index in [0.717, 1.165) is 22.3 Å². The highest BCUT2D eigenvalue weighted by molar-refractivity contribution is 6.31. The molecule has 0 bridgehead atoms. The van der Waals surface area contributed by atoms with Crippen molar-refractivity contribution in [1.82, 2.24) is 5.32 Å². The van der Waals surface area contributed by atoms with E-state index in [1.807, 2.05) is 36.4 Å². The van der Waals surface area contributed by atoms with Crippen LogP contribution in [-0.2, 0) is 9.53 Å². The van der Waals surface area contributed by atoms with Gasteiger partial charge < -0.3 is 20.5 Å². The molecule has 178 valence electrons. The first kappa shape index (κ1) is 24.0. The highest BCUT2D eigenvalue weighted by Gasteiger charge is 2.28. The van der Waals surface area contributed by atoms with E-state index in [2.05, 4.69) is 22.8 Å². The van der Waals surface area contributed by atoms with E-state index in [1.165, 1.54) is 24.3 Å². The SMILES string of the molecule is C/C(=C\CNC(=O)OCC1c2ccccc2-c2ccccc21)C(=O)Nc1cc(Cl)ccc1C(=O)O. The topological polar surface area (TPSA) is 105 Å². The van der Waals surface area contributed by atoms with Crippen LogP contribution in [0, 0.1) is 0 Å². The number of fused-ring (bicyclic) bond motifs is 3. The first-order valence-corrected chi connectivity index (χ1v) is 11.3. The largest absolute Gasteiger partial charge is 0.478 e.